The van der Waals surface area contributed by atoms with Gasteiger partial charge in [-0.2, -0.15) is 5.10 Å². The van der Waals surface area contributed by atoms with Crippen LogP contribution in [0.25, 0.3) is 0 Å². The highest BCUT2D eigenvalue weighted by molar-refractivity contribution is 5.28. The van der Waals surface area contributed by atoms with Gasteiger partial charge in [0.1, 0.15) is 5.75 Å². The number of methoxy groups -OCH3 is 1. The van der Waals surface area contributed by atoms with Crippen LogP contribution in [0.5, 0.6) is 5.75 Å². The first kappa shape index (κ1) is 16.5. The minimum Gasteiger partial charge on any atom is -0.497 e. The Labute approximate surface area is 131 Å². The molecule has 2 aromatic rings. The maximum Gasteiger partial charge on any atom is 0.118 e. The fraction of sp³-hybridized carbons (Fsp3) is 0.471. The number of ether oxygens (including phenoxy) is 1. The smallest absolute Gasteiger partial charge is 0.118 e. The largest absolute Gasteiger partial charge is 0.497 e. The number of benzene rings is 1. The molecule has 22 heavy (non-hydrogen) atoms. The summed E-state index contributed by atoms with van der Waals surface area (Å²) in [5.74, 6) is 1.19. The van der Waals surface area contributed by atoms with Gasteiger partial charge in [-0.3, -0.25) is 4.68 Å². The van der Waals surface area contributed by atoms with Gasteiger partial charge in [-0.1, -0.05) is 26.0 Å². The van der Waals surface area contributed by atoms with E-state index in [0.29, 0.717) is 19.0 Å². The lowest BCUT2D eigenvalue weighted by molar-refractivity contribution is 0.174. The number of hydrogen-bond acceptors (Lipinski definition) is 4. The molecule has 0 saturated carbocycles. The molecule has 0 amide bonds. The summed E-state index contributed by atoms with van der Waals surface area (Å²) in [7, 11) is 3.56. The fourth-order valence-corrected chi connectivity index (χ4v) is 2.46. The van der Waals surface area contributed by atoms with Gasteiger partial charge in [0.25, 0.3) is 0 Å². The zero-order chi connectivity index (χ0) is 16.1. The van der Waals surface area contributed by atoms with Crippen molar-refractivity contribution in [2.24, 2.45) is 7.05 Å². The first-order valence-electron chi connectivity index (χ1n) is 7.56. The van der Waals surface area contributed by atoms with Gasteiger partial charge >= 0.3 is 0 Å². The van der Waals surface area contributed by atoms with E-state index in [2.05, 4.69) is 24.3 Å². The van der Waals surface area contributed by atoms with E-state index in [0.717, 1.165) is 17.0 Å². The van der Waals surface area contributed by atoms with E-state index in [4.69, 9.17) is 4.74 Å². The summed E-state index contributed by atoms with van der Waals surface area (Å²) >= 11 is 0. The minimum atomic E-state index is -0.537. The van der Waals surface area contributed by atoms with Crippen LogP contribution in [0.1, 0.15) is 42.7 Å². The Kier molecular flexibility index (Phi) is 5.57. The van der Waals surface area contributed by atoms with Gasteiger partial charge < -0.3 is 15.2 Å². The van der Waals surface area contributed by atoms with Gasteiger partial charge in [0.15, 0.2) is 0 Å². The second-order valence-corrected chi connectivity index (χ2v) is 5.79. The number of aliphatic hydroxyl groups excluding tert-OH is 1. The second-order valence-electron chi connectivity index (χ2n) is 5.79. The summed E-state index contributed by atoms with van der Waals surface area (Å²) in [5.41, 5.74) is 3.16. The Balaban J connectivity index is 1.90. The molecule has 0 spiro atoms. The highest BCUT2D eigenvalue weighted by Gasteiger charge is 2.12. The lowest BCUT2D eigenvalue weighted by atomic mass is 10.1. The highest BCUT2D eigenvalue weighted by Crippen LogP contribution is 2.19. The normalized spacial score (nSPS) is 12.6. The molecule has 5 nitrogen and oxygen atoms in total. The maximum atomic E-state index is 10.2. The Hall–Kier alpha value is -1.85. The van der Waals surface area contributed by atoms with Crippen molar-refractivity contribution < 1.29 is 9.84 Å². The lowest BCUT2D eigenvalue weighted by Gasteiger charge is -2.13. The number of rotatable bonds is 7. The maximum absolute atomic E-state index is 10.2. The molecule has 0 fully saturated rings. The Bertz CT molecular complexity index is 590. The predicted molar refractivity (Wildman–Crippen MR) is 87.0 cm³/mol. The zero-order valence-corrected chi connectivity index (χ0v) is 13.7. The SMILES string of the molecule is COc1ccc([C@H](O)CNCc2cn(C)nc2C(C)C)cc1. The average molecular weight is 303 g/mol. The molecule has 0 aliphatic carbocycles. The molecule has 1 aromatic heterocycles. The first-order chi connectivity index (χ1) is 10.5. The predicted octanol–water partition coefficient (Wildman–Crippen LogP) is 2.38. The van der Waals surface area contributed by atoms with Gasteiger partial charge in [-0.05, 0) is 23.6 Å². The molecule has 0 unspecified atom stereocenters. The van der Waals surface area contributed by atoms with E-state index in [1.54, 1.807) is 7.11 Å². The molecule has 0 aliphatic heterocycles. The Morgan fingerprint density at radius 1 is 1.27 bits per heavy atom. The van der Waals surface area contributed by atoms with Crippen LogP contribution < -0.4 is 10.1 Å². The van der Waals surface area contributed by atoms with E-state index >= 15 is 0 Å². The molecule has 0 aliphatic rings. The molecule has 2 rings (SSSR count). The third kappa shape index (κ3) is 4.08. The molecule has 0 radical (unpaired) electrons. The van der Waals surface area contributed by atoms with Crippen molar-refractivity contribution in [3.8, 4) is 5.75 Å². The summed E-state index contributed by atoms with van der Waals surface area (Å²) < 4.78 is 6.96. The van der Waals surface area contributed by atoms with E-state index in [9.17, 15) is 5.11 Å². The zero-order valence-electron chi connectivity index (χ0n) is 13.7. The number of aliphatic hydroxyl groups is 1. The summed E-state index contributed by atoms with van der Waals surface area (Å²) in [6.45, 7) is 5.48. The summed E-state index contributed by atoms with van der Waals surface area (Å²) in [6, 6.07) is 7.48. The molecule has 1 heterocycles. The van der Waals surface area contributed by atoms with Crippen LogP contribution in [-0.2, 0) is 13.6 Å². The number of nitrogens with one attached hydrogen (secondary N) is 1. The average Bonchev–Trinajstić information content (AvgIpc) is 2.88. The van der Waals surface area contributed by atoms with Gasteiger partial charge in [0.2, 0.25) is 0 Å². The minimum absolute atomic E-state index is 0.393. The van der Waals surface area contributed by atoms with Crippen molar-refractivity contribution >= 4 is 0 Å². The van der Waals surface area contributed by atoms with E-state index in [1.165, 1.54) is 5.56 Å². The Morgan fingerprint density at radius 3 is 2.55 bits per heavy atom. The van der Waals surface area contributed by atoms with Crippen molar-refractivity contribution in [2.75, 3.05) is 13.7 Å². The third-order valence-corrected chi connectivity index (χ3v) is 3.64. The Morgan fingerprint density at radius 2 is 1.95 bits per heavy atom. The van der Waals surface area contributed by atoms with Crippen LogP contribution >= 0.6 is 0 Å². The first-order valence-corrected chi connectivity index (χ1v) is 7.56. The van der Waals surface area contributed by atoms with Gasteiger partial charge in [0, 0.05) is 31.9 Å². The van der Waals surface area contributed by atoms with Crippen molar-refractivity contribution in [3.63, 3.8) is 0 Å². The third-order valence-electron chi connectivity index (χ3n) is 3.64. The summed E-state index contributed by atoms with van der Waals surface area (Å²) in [6.07, 6.45) is 1.49. The number of nitrogens with zero attached hydrogens (tertiary/aromatic N) is 2. The van der Waals surface area contributed by atoms with Gasteiger partial charge in [0.05, 0.1) is 18.9 Å². The standard InChI is InChI=1S/C17H25N3O2/c1-12(2)17-14(11-20(3)19-17)9-18-10-16(21)13-5-7-15(22-4)8-6-13/h5-8,11-12,16,18,21H,9-10H2,1-4H3/t16-/m1/s1. The second kappa shape index (κ2) is 7.42. The van der Waals surface area contributed by atoms with Crippen LogP contribution in [-0.4, -0.2) is 28.5 Å². The van der Waals surface area contributed by atoms with Crippen molar-refractivity contribution in [2.45, 2.75) is 32.4 Å². The van der Waals surface area contributed by atoms with Crippen LogP contribution in [0.15, 0.2) is 30.5 Å². The molecule has 5 heteroatoms. The molecule has 2 N–H and O–H groups in total. The fourth-order valence-electron chi connectivity index (χ4n) is 2.46. The molecular formula is C17H25N3O2. The number of aromatic nitrogens is 2. The van der Waals surface area contributed by atoms with E-state index < -0.39 is 6.10 Å². The summed E-state index contributed by atoms with van der Waals surface area (Å²) in [4.78, 5) is 0. The molecular weight excluding hydrogens is 278 g/mol. The number of aryl methyl sites for hydroxylation is 1. The molecule has 0 saturated heterocycles. The van der Waals surface area contributed by atoms with Crippen molar-refractivity contribution in [1.82, 2.24) is 15.1 Å². The topological polar surface area (TPSA) is 59.3 Å². The molecule has 120 valence electrons. The van der Waals surface area contributed by atoms with Crippen LogP contribution in [0.3, 0.4) is 0 Å². The highest BCUT2D eigenvalue weighted by atomic mass is 16.5. The van der Waals surface area contributed by atoms with Crippen LogP contribution in [0.2, 0.25) is 0 Å². The van der Waals surface area contributed by atoms with Gasteiger partial charge in [-0.15, -0.1) is 0 Å². The summed E-state index contributed by atoms with van der Waals surface area (Å²) in [5, 5.41) is 18.0. The molecule has 0 bridgehead atoms. The van der Waals surface area contributed by atoms with Crippen molar-refractivity contribution in [1.29, 1.82) is 0 Å². The monoisotopic (exact) mass is 303 g/mol. The molecule has 1 atom stereocenters. The number of hydrogen-bond donors (Lipinski definition) is 2. The van der Waals surface area contributed by atoms with E-state index in [1.807, 2.05) is 42.2 Å². The molecule has 1 aromatic carbocycles. The quantitative estimate of drug-likeness (QED) is 0.824. The lowest BCUT2D eigenvalue weighted by Crippen LogP contribution is -2.21. The van der Waals surface area contributed by atoms with Crippen molar-refractivity contribution in [3.05, 3.63) is 47.3 Å². The van der Waals surface area contributed by atoms with E-state index in [-0.39, 0.29) is 0 Å². The van der Waals surface area contributed by atoms with Crippen LogP contribution in [0.4, 0.5) is 0 Å². The van der Waals surface area contributed by atoms with Crippen LogP contribution in [0, 0.1) is 0 Å². The van der Waals surface area contributed by atoms with Gasteiger partial charge in [-0.25, -0.2) is 0 Å².